The van der Waals surface area contributed by atoms with Crippen LogP contribution in [0.25, 0.3) is 11.1 Å². The standard InChI is InChI=1S/C12H9F3N2/c13-12(14,15)11-4-3-9(16)6-10(11)8-2-1-5-17-7-8/h1-7H,16H2. The Morgan fingerprint density at radius 2 is 1.88 bits per heavy atom. The Balaban J connectivity index is 2.64. The van der Waals surface area contributed by atoms with Gasteiger partial charge in [-0.05, 0) is 29.8 Å². The third-order valence-corrected chi connectivity index (χ3v) is 2.32. The SMILES string of the molecule is Nc1ccc(C(F)(F)F)c(-c2cccnc2)c1. The Bertz CT molecular complexity index is 521. The number of nitrogens with zero attached hydrogens (tertiary/aromatic N) is 1. The van der Waals surface area contributed by atoms with Gasteiger partial charge in [-0.15, -0.1) is 0 Å². The lowest BCUT2D eigenvalue weighted by Crippen LogP contribution is -2.07. The molecule has 1 aromatic carbocycles. The van der Waals surface area contributed by atoms with Gasteiger partial charge >= 0.3 is 6.18 Å². The molecule has 0 fully saturated rings. The number of nitrogen functional groups attached to an aromatic ring is 1. The van der Waals surface area contributed by atoms with E-state index in [-0.39, 0.29) is 11.3 Å². The Labute approximate surface area is 95.9 Å². The van der Waals surface area contributed by atoms with Crippen molar-refractivity contribution in [2.24, 2.45) is 0 Å². The van der Waals surface area contributed by atoms with E-state index >= 15 is 0 Å². The fourth-order valence-electron chi connectivity index (χ4n) is 1.57. The van der Waals surface area contributed by atoms with Gasteiger partial charge in [0.2, 0.25) is 0 Å². The highest BCUT2D eigenvalue weighted by atomic mass is 19.4. The number of hydrogen-bond acceptors (Lipinski definition) is 2. The Kier molecular flexibility index (Phi) is 2.75. The molecule has 2 nitrogen and oxygen atoms in total. The lowest BCUT2D eigenvalue weighted by molar-refractivity contribution is -0.137. The molecule has 0 atom stereocenters. The molecule has 0 aliphatic heterocycles. The van der Waals surface area contributed by atoms with Crippen LogP contribution >= 0.6 is 0 Å². The first kappa shape index (κ1) is 11.4. The lowest BCUT2D eigenvalue weighted by Gasteiger charge is -2.13. The molecular formula is C12H9F3N2. The van der Waals surface area contributed by atoms with Gasteiger partial charge in [-0.2, -0.15) is 13.2 Å². The van der Waals surface area contributed by atoms with E-state index in [1.165, 1.54) is 24.5 Å². The van der Waals surface area contributed by atoms with Gasteiger partial charge in [-0.25, -0.2) is 0 Å². The van der Waals surface area contributed by atoms with Crippen molar-refractivity contribution in [3.8, 4) is 11.1 Å². The number of benzene rings is 1. The van der Waals surface area contributed by atoms with Crippen LogP contribution in [0.3, 0.4) is 0 Å². The molecule has 1 heterocycles. The molecular weight excluding hydrogens is 229 g/mol. The molecule has 0 spiro atoms. The second-order valence-corrected chi connectivity index (χ2v) is 3.54. The van der Waals surface area contributed by atoms with Crippen molar-refractivity contribution >= 4 is 5.69 Å². The number of aromatic nitrogens is 1. The number of halogens is 3. The van der Waals surface area contributed by atoms with E-state index in [2.05, 4.69) is 4.98 Å². The Morgan fingerprint density at radius 3 is 2.47 bits per heavy atom. The maximum Gasteiger partial charge on any atom is 0.417 e. The zero-order valence-electron chi connectivity index (χ0n) is 8.70. The minimum Gasteiger partial charge on any atom is -0.399 e. The maximum atomic E-state index is 12.8. The molecule has 2 N–H and O–H groups in total. The molecule has 0 amide bonds. The van der Waals surface area contributed by atoms with E-state index in [0.29, 0.717) is 5.56 Å². The van der Waals surface area contributed by atoms with Crippen LogP contribution in [0, 0.1) is 0 Å². The predicted molar refractivity (Wildman–Crippen MR) is 59.1 cm³/mol. The molecule has 0 saturated heterocycles. The van der Waals surface area contributed by atoms with Crippen molar-refractivity contribution in [3.63, 3.8) is 0 Å². The highest BCUT2D eigenvalue weighted by molar-refractivity contribution is 5.71. The summed E-state index contributed by atoms with van der Waals surface area (Å²) in [7, 11) is 0. The lowest BCUT2D eigenvalue weighted by atomic mass is 10.00. The molecule has 88 valence electrons. The number of anilines is 1. The largest absolute Gasteiger partial charge is 0.417 e. The topological polar surface area (TPSA) is 38.9 Å². The molecule has 0 aliphatic carbocycles. The first-order valence-corrected chi connectivity index (χ1v) is 4.85. The molecule has 0 bridgehead atoms. The second kappa shape index (κ2) is 4.08. The maximum absolute atomic E-state index is 12.8. The molecule has 0 aliphatic rings. The number of pyridine rings is 1. The molecule has 0 radical (unpaired) electrons. The van der Waals surface area contributed by atoms with Crippen molar-refractivity contribution in [3.05, 3.63) is 48.3 Å². The van der Waals surface area contributed by atoms with Crippen LogP contribution in [0.1, 0.15) is 5.56 Å². The molecule has 1 aromatic heterocycles. The average molecular weight is 238 g/mol. The Morgan fingerprint density at radius 1 is 1.12 bits per heavy atom. The summed E-state index contributed by atoms with van der Waals surface area (Å²) >= 11 is 0. The summed E-state index contributed by atoms with van der Waals surface area (Å²) in [5.74, 6) is 0. The summed E-state index contributed by atoms with van der Waals surface area (Å²) in [6, 6.07) is 6.68. The molecule has 2 aromatic rings. The summed E-state index contributed by atoms with van der Waals surface area (Å²) in [5.41, 5.74) is 5.54. The zero-order chi connectivity index (χ0) is 12.5. The van der Waals surface area contributed by atoms with Crippen LogP contribution in [0.4, 0.5) is 18.9 Å². The van der Waals surface area contributed by atoms with Gasteiger partial charge in [0.05, 0.1) is 5.56 Å². The minimum absolute atomic E-state index is 0.0469. The van der Waals surface area contributed by atoms with Crippen LogP contribution in [-0.4, -0.2) is 4.98 Å². The van der Waals surface area contributed by atoms with E-state index < -0.39 is 11.7 Å². The summed E-state index contributed by atoms with van der Waals surface area (Å²) in [4.78, 5) is 3.81. The van der Waals surface area contributed by atoms with Gasteiger partial charge < -0.3 is 5.73 Å². The first-order valence-electron chi connectivity index (χ1n) is 4.85. The summed E-state index contributed by atoms with van der Waals surface area (Å²) < 4.78 is 38.4. The average Bonchev–Trinajstić information content (AvgIpc) is 2.28. The van der Waals surface area contributed by atoms with Crippen molar-refractivity contribution < 1.29 is 13.2 Å². The molecule has 0 saturated carbocycles. The summed E-state index contributed by atoms with van der Waals surface area (Å²) in [6.45, 7) is 0. The Hall–Kier alpha value is -2.04. The van der Waals surface area contributed by atoms with Crippen LogP contribution in [0.15, 0.2) is 42.7 Å². The van der Waals surface area contributed by atoms with Gasteiger partial charge in [-0.1, -0.05) is 6.07 Å². The quantitative estimate of drug-likeness (QED) is 0.774. The fourth-order valence-corrected chi connectivity index (χ4v) is 1.57. The fraction of sp³-hybridized carbons (Fsp3) is 0.0833. The second-order valence-electron chi connectivity index (χ2n) is 3.54. The van der Waals surface area contributed by atoms with Gasteiger partial charge in [0.15, 0.2) is 0 Å². The molecule has 2 rings (SSSR count). The van der Waals surface area contributed by atoms with E-state index in [1.54, 1.807) is 12.1 Å². The van der Waals surface area contributed by atoms with Crippen LogP contribution in [0.2, 0.25) is 0 Å². The number of nitrogens with two attached hydrogens (primary N) is 1. The third-order valence-electron chi connectivity index (χ3n) is 2.32. The minimum atomic E-state index is -4.40. The van der Waals surface area contributed by atoms with Crippen molar-refractivity contribution in [2.75, 3.05) is 5.73 Å². The molecule has 5 heteroatoms. The normalized spacial score (nSPS) is 11.5. The highest BCUT2D eigenvalue weighted by Gasteiger charge is 2.33. The molecule has 17 heavy (non-hydrogen) atoms. The van der Waals surface area contributed by atoms with E-state index in [4.69, 9.17) is 5.73 Å². The first-order chi connectivity index (χ1) is 7.98. The summed E-state index contributed by atoms with van der Waals surface area (Å²) in [6.07, 6.45) is -1.52. The van der Waals surface area contributed by atoms with E-state index in [1.807, 2.05) is 0 Å². The smallest absolute Gasteiger partial charge is 0.399 e. The number of hydrogen-bond donors (Lipinski definition) is 1. The third kappa shape index (κ3) is 2.38. The van der Waals surface area contributed by atoms with Gasteiger partial charge in [0.25, 0.3) is 0 Å². The monoisotopic (exact) mass is 238 g/mol. The van der Waals surface area contributed by atoms with Crippen molar-refractivity contribution in [2.45, 2.75) is 6.18 Å². The van der Waals surface area contributed by atoms with Crippen LogP contribution < -0.4 is 5.73 Å². The highest BCUT2D eigenvalue weighted by Crippen LogP contribution is 2.37. The number of alkyl halides is 3. The summed E-state index contributed by atoms with van der Waals surface area (Å²) in [5, 5.41) is 0. The zero-order valence-corrected chi connectivity index (χ0v) is 8.70. The number of rotatable bonds is 1. The van der Waals surface area contributed by atoms with E-state index in [9.17, 15) is 13.2 Å². The van der Waals surface area contributed by atoms with E-state index in [0.717, 1.165) is 6.07 Å². The van der Waals surface area contributed by atoms with Crippen LogP contribution in [0.5, 0.6) is 0 Å². The predicted octanol–water partition coefficient (Wildman–Crippen LogP) is 3.35. The van der Waals surface area contributed by atoms with Gasteiger partial charge in [0.1, 0.15) is 0 Å². The van der Waals surface area contributed by atoms with Gasteiger partial charge in [-0.3, -0.25) is 4.98 Å². The molecule has 0 unspecified atom stereocenters. The van der Waals surface area contributed by atoms with Gasteiger partial charge in [0, 0.05) is 23.6 Å². The van der Waals surface area contributed by atoms with Crippen LogP contribution in [-0.2, 0) is 6.18 Å². The van der Waals surface area contributed by atoms with Crippen molar-refractivity contribution in [1.82, 2.24) is 4.98 Å². The van der Waals surface area contributed by atoms with Crippen molar-refractivity contribution in [1.29, 1.82) is 0 Å².